The molecule has 16 heteroatoms. The summed E-state index contributed by atoms with van der Waals surface area (Å²) in [5.41, 5.74) is 16.0. The lowest BCUT2D eigenvalue weighted by atomic mass is 9.83. The van der Waals surface area contributed by atoms with Crippen molar-refractivity contribution in [3.63, 3.8) is 0 Å². The van der Waals surface area contributed by atoms with Crippen LogP contribution in [0.4, 0.5) is 0 Å². The van der Waals surface area contributed by atoms with Gasteiger partial charge in [-0.2, -0.15) is 0 Å². The van der Waals surface area contributed by atoms with E-state index < -0.39 is 78.5 Å². The summed E-state index contributed by atoms with van der Waals surface area (Å²) >= 11 is 0. The van der Waals surface area contributed by atoms with E-state index in [1.54, 1.807) is 7.05 Å². The van der Waals surface area contributed by atoms with E-state index in [2.05, 4.69) is 15.6 Å². The van der Waals surface area contributed by atoms with Crippen LogP contribution in [-0.4, -0.2) is 154 Å². The molecule has 2 saturated heterocycles. The molecule has 1 aliphatic carbocycles. The summed E-state index contributed by atoms with van der Waals surface area (Å²) in [5, 5.41) is 68.0. The predicted octanol–water partition coefficient (Wildman–Crippen LogP) is -4.82. The molecule has 246 valence electrons. The lowest BCUT2D eigenvalue weighted by Gasteiger charge is -2.48. The molecule has 0 aromatic rings. The highest BCUT2D eigenvalue weighted by atomic mass is 16.7. The fourth-order valence-electron chi connectivity index (χ4n) is 5.54. The van der Waals surface area contributed by atoms with E-state index in [0.29, 0.717) is 19.4 Å². The SMILES string of the molecule is CN[C@@H]1[C@@H](O)[C@@H](O[C@@H]2[C@@H](O)[C@H](O[C@H]3O[C@H](CNCC(O)CO)CC[C@H]3N)[C@@H](N)C[C@H]2N=C(N)C(C)(C)O)OC[C@]1(C)O. The number of nitrogens with one attached hydrogen (secondary N) is 2. The predicted molar refractivity (Wildman–Crippen MR) is 151 cm³/mol. The average molecular weight is 609 g/mol. The van der Waals surface area contributed by atoms with Crippen molar-refractivity contribution in [2.75, 3.05) is 33.4 Å². The number of aliphatic imine (C=N–C) groups is 1. The summed E-state index contributed by atoms with van der Waals surface area (Å²) in [4.78, 5) is 4.43. The summed E-state index contributed by atoms with van der Waals surface area (Å²) in [5.74, 6) is -0.0969. The lowest BCUT2D eigenvalue weighted by Crippen LogP contribution is -2.67. The number of ether oxygens (including phenoxy) is 4. The van der Waals surface area contributed by atoms with Gasteiger partial charge >= 0.3 is 0 Å². The maximum absolute atomic E-state index is 11.6. The van der Waals surface area contributed by atoms with Crippen molar-refractivity contribution in [3.05, 3.63) is 0 Å². The van der Waals surface area contributed by atoms with Gasteiger partial charge in [0.15, 0.2) is 12.6 Å². The molecule has 1 unspecified atom stereocenters. The second kappa shape index (κ2) is 14.8. The molecule has 1 saturated carbocycles. The number of aliphatic hydroxyl groups excluding tert-OH is 4. The second-order valence-corrected chi connectivity index (χ2v) is 12.4. The Morgan fingerprint density at radius 2 is 1.79 bits per heavy atom. The number of nitrogens with two attached hydrogens (primary N) is 3. The van der Waals surface area contributed by atoms with Gasteiger partial charge in [-0.05, 0) is 47.1 Å². The van der Waals surface area contributed by atoms with Gasteiger partial charge in [0.2, 0.25) is 0 Å². The Morgan fingerprint density at radius 1 is 1.12 bits per heavy atom. The van der Waals surface area contributed by atoms with Gasteiger partial charge in [-0.1, -0.05) is 0 Å². The molecule has 0 aromatic heterocycles. The van der Waals surface area contributed by atoms with Crippen molar-refractivity contribution in [1.82, 2.24) is 10.6 Å². The highest BCUT2D eigenvalue weighted by Crippen LogP contribution is 2.33. The quantitative estimate of drug-likeness (QED) is 0.0732. The summed E-state index contributed by atoms with van der Waals surface area (Å²) in [6.07, 6.45) is -6.91. The van der Waals surface area contributed by atoms with E-state index in [4.69, 9.17) is 41.3 Å². The Hall–Kier alpha value is -1.09. The van der Waals surface area contributed by atoms with Gasteiger partial charge < -0.3 is 77.4 Å². The molecule has 16 nitrogen and oxygen atoms in total. The van der Waals surface area contributed by atoms with Gasteiger partial charge in [-0.3, -0.25) is 4.99 Å². The van der Waals surface area contributed by atoms with Gasteiger partial charge in [0, 0.05) is 19.1 Å². The number of rotatable bonds is 12. The Labute approximate surface area is 246 Å². The molecule has 3 aliphatic rings. The minimum Gasteiger partial charge on any atom is -0.394 e. The van der Waals surface area contributed by atoms with E-state index in [1.165, 1.54) is 20.8 Å². The lowest BCUT2D eigenvalue weighted by molar-refractivity contribution is -0.306. The standard InChI is InChI=1S/C26H52N6O10/c1-25(2,37)24(29)32-16-7-15(28)19(41-22-14(27)6-5-13(40-22)9-31-8-12(34)10-33)17(35)20(16)42-23-18(36)21(30-4)26(3,38)11-39-23/h12-23,30-31,33-38H,5-11,27-28H2,1-4H3,(H2,29,32)/t12?,13-,14+,15-,16+,17-,18+,19+,20-,21+,22+,23+,26-/m0/s1. The summed E-state index contributed by atoms with van der Waals surface area (Å²) in [6, 6.07) is -2.91. The zero-order valence-corrected chi connectivity index (χ0v) is 24.9. The molecule has 3 rings (SSSR count). The third kappa shape index (κ3) is 8.76. The molecule has 3 fully saturated rings. The number of amidine groups is 1. The van der Waals surface area contributed by atoms with Crippen molar-refractivity contribution in [3.8, 4) is 0 Å². The third-order valence-electron chi connectivity index (χ3n) is 8.10. The number of aliphatic hydroxyl groups is 6. The zero-order chi connectivity index (χ0) is 31.4. The van der Waals surface area contributed by atoms with Crippen LogP contribution in [0.25, 0.3) is 0 Å². The first kappa shape index (κ1) is 35.4. The Morgan fingerprint density at radius 3 is 2.40 bits per heavy atom. The fourth-order valence-corrected chi connectivity index (χ4v) is 5.54. The van der Waals surface area contributed by atoms with Crippen molar-refractivity contribution < 1.29 is 49.6 Å². The molecule has 0 aromatic carbocycles. The topological polar surface area (TPSA) is 273 Å². The van der Waals surface area contributed by atoms with Crippen LogP contribution >= 0.6 is 0 Å². The van der Waals surface area contributed by atoms with Crippen LogP contribution in [0.1, 0.15) is 40.0 Å². The zero-order valence-electron chi connectivity index (χ0n) is 24.9. The number of hydrogen-bond donors (Lipinski definition) is 11. The van der Waals surface area contributed by atoms with Crippen LogP contribution in [0.15, 0.2) is 4.99 Å². The first-order chi connectivity index (χ1) is 19.6. The van der Waals surface area contributed by atoms with Gasteiger partial charge in [-0.15, -0.1) is 0 Å². The minimum absolute atomic E-state index is 0.0969. The highest BCUT2D eigenvalue weighted by Gasteiger charge is 2.51. The van der Waals surface area contributed by atoms with Crippen LogP contribution in [0, 0.1) is 0 Å². The van der Waals surface area contributed by atoms with Gasteiger partial charge in [0.1, 0.15) is 41.5 Å². The average Bonchev–Trinajstić information content (AvgIpc) is 2.90. The highest BCUT2D eigenvalue weighted by molar-refractivity contribution is 5.88. The first-order valence-corrected chi connectivity index (χ1v) is 14.5. The molecular weight excluding hydrogens is 556 g/mol. The second-order valence-electron chi connectivity index (χ2n) is 12.4. The molecule has 0 spiro atoms. The van der Waals surface area contributed by atoms with Crippen LogP contribution in [0.2, 0.25) is 0 Å². The summed E-state index contributed by atoms with van der Waals surface area (Å²) < 4.78 is 24.0. The molecule has 2 heterocycles. The number of likely N-dealkylation sites (N-methyl/N-ethyl adjacent to an activating group) is 1. The van der Waals surface area contributed by atoms with Crippen LogP contribution in [0.3, 0.4) is 0 Å². The molecular formula is C26H52N6O10. The van der Waals surface area contributed by atoms with Gasteiger partial charge in [0.05, 0.1) is 43.5 Å². The Balaban J connectivity index is 1.79. The van der Waals surface area contributed by atoms with E-state index >= 15 is 0 Å². The van der Waals surface area contributed by atoms with E-state index in [1.807, 2.05) is 0 Å². The normalized spacial score (nSPS) is 42.9. The molecule has 14 N–H and O–H groups in total. The van der Waals surface area contributed by atoms with Crippen molar-refractivity contribution in [2.45, 2.75) is 125 Å². The smallest absolute Gasteiger partial charge is 0.185 e. The molecule has 0 radical (unpaired) electrons. The van der Waals surface area contributed by atoms with E-state index in [9.17, 15) is 25.5 Å². The third-order valence-corrected chi connectivity index (χ3v) is 8.10. The summed E-state index contributed by atoms with van der Waals surface area (Å²) in [7, 11) is 1.59. The van der Waals surface area contributed by atoms with Crippen molar-refractivity contribution >= 4 is 5.84 Å². The Bertz CT molecular complexity index is 879. The van der Waals surface area contributed by atoms with E-state index in [-0.39, 0.29) is 38.1 Å². The van der Waals surface area contributed by atoms with Crippen LogP contribution in [-0.2, 0) is 18.9 Å². The van der Waals surface area contributed by atoms with Gasteiger partial charge in [0.25, 0.3) is 0 Å². The maximum atomic E-state index is 11.6. The largest absolute Gasteiger partial charge is 0.394 e. The molecule has 0 amide bonds. The molecule has 13 atom stereocenters. The van der Waals surface area contributed by atoms with E-state index in [0.717, 1.165) is 0 Å². The number of hydrogen-bond acceptors (Lipinski definition) is 15. The fraction of sp³-hybridized carbons (Fsp3) is 0.962. The minimum atomic E-state index is -1.46. The van der Waals surface area contributed by atoms with Crippen LogP contribution < -0.4 is 27.8 Å². The van der Waals surface area contributed by atoms with Crippen molar-refractivity contribution in [2.24, 2.45) is 22.2 Å². The Kier molecular flexibility index (Phi) is 12.5. The number of nitrogens with zero attached hydrogens (tertiary/aromatic N) is 1. The molecule has 2 aliphatic heterocycles. The summed E-state index contributed by atoms with van der Waals surface area (Å²) in [6.45, 7) is 4.52. The first-order valence-electron chi connectivity index (χ1n) is 14.5. The monoisotopic (exact) mass is 608 g/mol. The van der Waals surface area contributed by atoms with Gasteiger partial charge in [-0.25, -0.2) is 0 Å². The van der Waals surface area contributed by atoms with Crippen LogP contribution in [0.5, 0.6) is 0 Å². The molecule has 42 heavy (non-hydrogen) atoms. The molecule has 0 bridgehead atoms. The maximum Gasteiger partial charge on any atom is 0.185 e. The van der Waals surface area contributed by atoms with Crippen molar-refractivity contribution in [1.29, 1.82) is 0 Å².